The van der Waals surface area contributed by atoms with Crippen molar-refractivity contribution in [3.63, 3.8) is 0 Å². The number of ether oxygens (including phenoxy) is 3. The molecule has 1 unspecified atom stereocenters. The molecule has 1 saturated heterocycles. The highest BCUT2D eigenvalue weighted by molar-refractivity contribution is 6.08. The van der Waals surface area contributed by atoms with Crippen LogP contribution in [0.1, 0.15) is 99.0 Å². The summed E-state index contributed by atoms with van der Waals surface area (Å²) in [5.74, 6) is 1.08. The zero-order valence-electron chi connectivity index (χ0n) is 24.7. The second kappa shape index (κ2) is 14.7. The van der Waals surface area contributed by atoms with Crippen molar-refractivity contribution in [2.24, 2.45) is 5.92 Å². The number of unbranched alkanes of at least 4 members (excludes halogenated alkanes) is 6. The first-order chi connectivity index (χ1) is 19.5. The molecule has 40 heavy (non-hydrogen) atoms. The zero-order valence-corrected chi connectivity index (χ0v) is 24.7. The summed E-state index contributed by atoms with van der Waals surface area (Å²) in [5.41, 5.74) is 1.63. The SMILES string of the molecule is CCCCCCCCCC(=O)OC1(CC2CCN(Cc3ccccc3)CC2)Cc2cc(OC)c(OC)cc2C1=O. The number of hydrogen-bond donors (Lipinski definition) is 0. The lowest BCUT2D eigenvalue weighted by atomic mass is 9.82. The van der Waals surface area contributed by atoms with Gasteiger partial charge in [-0.1, -0.05) is 75.8 Å². The zero-order chi connectivity index (χ0) is 28.4. The summed E-state index contributed by atoms with van der Waals surface area (Å²) in [6.07, 6.45) is 11.2. The highest BCUT2D eigenvalue weighted by atomic mass is 16.6. The van der Waals surface area contributed by atoms with Crippen molar-refractivity contribution in [2.45, 2.75) is 96.1 Å². The Morgan fingerprint density at radius 3 is 2.25 bits per heavy atom. The number of benzene rings is 2. The summed E-state index contributed by atoms with van der Waals surface area (Å²) in [6, 6.07) is 14.2. The van der Waals surface area contributed by atoms with Gasteiger partial charge in [0.1, 0.15) is 0 Å². The highest BCUT2D eigenvalue weighted by Gasteiger charge is 2.50. The van der Waals surface area contributed by atoms with E-state index in [4.69, 9.17) is 14.2 Å². The molecule has 0 saturated carbocycles. The topological polar surface area (TPSA) is 65.1 Å². The Bertz CT molecular complexity index is 1110. The molecule has 1 aliphatic carbocycles. The number of esters is 1. The van der Waals surface area contributed by atoms with Crippen LogP contribution in [-0.2, 0) is 22.5 Å². The lowest BCUT2D eigenvalue weighted by molar-refractivity contribution is -0.156. The molecule has 0 amide bonds. The molecular weight excluding hydrogens is 502 g/mol. The van der Waals surface area contributed by atoms with Crippen molar-refractivity contribution in [2.75, 3.05) is 27.3 Å². The van der Waals surface area contributed by atoms with Crippen LogP contribution in [0.5, 0.6) is 11.5 Å². The van der Waals surface area contributed by atoms with E-state index in [1.165, 1.54) is 31.2 Å². The van der Waals surface area contributed by atoms with E-state index in [0.717, 1.165) is 57.3 Å². The minimum absolute atomic E-state index is 0.0944. The summed E-state index contributed by atoms with van der Waals surface area (Å²) in [7, 11) is 3.17. The van der Waals surface area contributed by atoms with Gasteiger partial charge in [0.05, 0.1) is 14.2 Å². The summed E-state index contributed by atoms with van der Waals surface area (Å²) < 4.78 is 17.2. The van der Waals surface area contributed by atoms with Gasteiger partial charge in [-0.15, -0.1) is 0 Å². The van der Waals surface area contributed by atoms with Crippen molar-refractivity contribution in [1.29, 1.82) is 0 Å². The van der Waals surface area contributed by atoms with Crippen LogP contribution in [0.25, 0.3) is 0 Å². The number of hydrogen-bond acceptors (Lipinski definition) is 6. The van der Waals surface area contributed by atoms with Crippen LogP contribution in [0.4, 0.5) is 0 Å². The standard InChI is InChI=1S/C34H47NO5/c1-4-5-6-7-8-9-13-16-32(36)40-34(24-28-21-30(38-2)31(39-3)22-29(28)33(34)37)23-26-17-19-35(20-18-26)25-27-14-11-10-12-15-27/h10-12,14-15,21-22,26H,4-9,13,16-20,23-25H2,1-3H3. The number of Topliss-reactive ketones (excluding diaryl/α,β-unsaturated/α-hetero) is 1. The molecule has 2 aliphatic rings. The maximum Gasteiger partial charge on any atom is 0.306 e. The van der Waals surface area contributed by atoms with Crippen LogP contribution in [0, 0.1) is 5.92 Å². The van der Waals surface area contributed by atoms with Gasteiger partial charge in [-0.3, -0.25) is 14.5 Å². The van der Waals surface area contributed by atoms with E-state index in [1.54, 1.807) is 20.3 Å². The number of rotatable bonds is 15. The van der Waals surface area contributed by atoms with Gasteiger partial charge in [0.2, 0.25) is 5.78 Å². The molecule has 1 fully saturated rings. The minimum atomic E-state index is -1.15. The van der Waals surface area contributed by atoms with E-state index in [-0.39, 0.29) is 11.8 Å². The van der Waals surface area contributed by atoms with Crippen molar-refractivity contribution in [3.8, 4) is 11.5 Å². The molecule has 1 aliphatic heterocycles. The molecular formula is C34H47NO5. The molecule has 0 N–H and O–H groups in total. The Balaban J connectivity index is 1.42. The Labute approximate surface area is 240 Å². The van der Waals surface area contributed by atoms with Crippen molar-refractivity contribution in [3.05, 3.63) is 59.2 Å². The largest absolute Gasteiger partial charge is 0.493 e. The first-order valence-electron chi connectivity index (χ1n) is 15.3. The molecule has 0 aromatic heterocycles. The van der Waals surface area contributed by atoms with Crippen LogP contribution in [0.15, 0.2) is 42.5 Å². The van der Waals surface area contributed by atoms with E-state index < -0.39 is 5.60 Å². The van der Waals surface area contributed by atoms with Crippen molar-refractivity contribution < 1.29 is 23.8 Å². The number of nitrogens with zero attached hydrogens (tertiary/aromatic N) is 1. The minimum Gasteiger partial charge on any atom is -0.493 e. The average molecular weight is 550 g/mol. The molecule has 1 atom stereocenters. The molecule has 0 bridgehead atoms. The van der Waals surface area contributed by atoms with E-state index in [9.17, 15) is 9.59 Å². The second-order valence-electron chi connectivity index (χ2n) is 11.6. The number of carbonyl (C=O) groups excluding carboxylic acids is 2. The monoisotopic (exact) mass is 549 g/mol. The first-order valence-corrected chi connectivity index (χ1v) is 15.3. The van der Waals surface area contributed by atoms with Gasteiger partial charge >= 0.3 is 5.97 Å². The summed E-state index contributed by atoms with van der Waals surface area (Å²) >= 11 is 0. The van der Waals surface area contributed by atoms with Gasteiger partial charge < -0.3 is 14.2 Å². The van der Waals surface area contributed by atoms with Crippen LogP contribution in [-0.4, -0.2) is 49.6 Å². The molecule has 2 aromatic rings. The van der Waals surface area contributed by atoms with Crippen LogP contribution in [0.2, 0.25) is 0 Å². The maximum atomic E-state index is 14.0. The molecule has 0 spiro atoms. The van der Waals surface area contributed by atoms with Gasteiger partial charge in [0, 0.05) is 24.9 Å². The van der Waals surface area contributed by atoms with Gasteiger partial charge in [-0.25, -0.2) is 0 Å². The highest BCUT2D eigenvalue weighted by Crippen LogP contribution is 2.44. The molecule has 0 radical (unpaired) electrons. The Morgan fingerprint density at radius 2 is 1.57 bits per heavy atom. The number of fused-ring (bicyclic) bond motifs is 1. The van der Waals surface area contributed by atoms with Crippen molar-refractivity contribution in [1.82, 2.24) is 4.90 Å². The quantitative estimate of drug-likeness (QED) is 0.173. The van der Waals surface area contributed by atoms with Gasteiger partial charge in [-0.2, -0.15) is 0 Å². The fourth-order valence-corrected chi connectivity index (χ4v) is 6.35. The van der Waals surface area contributed by atoms with E-state index >= 15 is 0 Å². The molecule has 6 heteroatoms. The van der Waals surface area contributed by atoms with Gasteiger partial charge in [0.25, 0.3) is 0 Å². The maximum absolute atomic E-state index is 14.0. The third-order valence-electron chi connectivity index (χ3n) is 8.61. The number of piperidine rings is 1. The molecule has 1 heterocycles. The Hall–Kier alpha value is -2.86. The van der Waals surface area contributed by atoms with Gasteiger partial charge in [-0.05, 0) is 68.0 Å². The molecule has 2 aromatic carbocycles. The van der Waals surface area contributed by atoms with Gasteiger partial charge in [0.15, 0.2) is 17.1 Å². The van der Waals surface area contributed by atoms with Crippen LogP contribution >= 0.6 is 0 Å². The third-order valence-corrected chi connectivity index (χ3v) is 8.61. The predicted molar refractivity (Wildman–Crippen MR) is 158 cm³/mol. The number of carbonyl (C=O) groups is 2. The van der Waals surface area contributed by atoms with Crippen LogP contribution < -0.4 is 9.47 Å². The average Bonchev–Trinajstić information content (AvgIpc) is 3.22. The molecule has 4 rings (SSSR count). The molecule has 218 valence electrons. The third kappa shape index (κ3) is 7.66. The van der Waals surface area contributed by atoms with Crippen LogP contribution in [0.3, 0.4) is 0 Å². The van der Waals surface area contributed by atoms with E-state index in [1.807, 2.05) is 12.1 Å². The number of likely N-dealkylation sites (tertiary alicyclic amines) is 1. The Kier molecular flexibility index (Phi) is 11.0. The van der Waals surface area contributed by atoms with Crippen molar-refractivity contribution >= 4 is 11.8 Å². The number of methoxy groups -OCH3 is 2. The summed E-state index contributed by atoms with van der Waals surface area (Å²) in [6.45, 7) is 5.11. The Morgan fingerprint density at radius 1 is 0.925 bits per heavy atom. The normalized spacial score (nSPS) is 19.4. The second-order valence-corrected chi connectivity index (χ2v) is 11.6. The number of ketones is 1. The predicted octanol–water partition coefficient (Wildman–Crippen LogP) is 7.17. The molecule has 6 nitrogen and oxygen atoms in total. The van der Waals surface area contributed by atoms with E-state index in [2.05, 4.69) is 36.1 Å². The smallest absolute Gasteiger partial charge is 0.306 e. The fraction of sp³-hybridized carbons (Fsp3) is 0.588. The lowest BCUT2D eigenvalue weighted by Gasteiger charge is -2.36. The lowest BCUT2D eigenvalue weighted by Crippen LogP contribution is -2.45. The fourth-order valence-electron chi connectivity index (χ4n) is 6.35. The summed E-state index contributed by atoms with van der Waals surface area (Å²) in [4.78, 5) is 29.6. The van der Waals surface area contributed by atoms with E-state index in [0.29, 0.717) is 42.2 Å². The summed E-state index contributed by atoms with van der Waals surface area (Å²) in [5, 5.41) is 0. The first kappa shape index (κ1) is 30.1.